The summed E-state index contributed by atoms with van der Waals surface area (Å²) in [6.07, 6.45) is 3.13. The maximum Gasteiger partial charge on any atom is 0.337 e. The first-order chi connectivity index (χ1) is 12.2. The summed E-state index contributed by atoms with van der Waals surface area (Å²) in [6, 6.07) is 14.3. The van der Waals surface area contributed by atoms with Gasteiger partial charge in [-0.15, -0.1) is 0 Å². The molecule has 3 rings (SSSR count). The van der Waals surface area contributed by atoms with E-state index in [9.17, 15) is 9.59 Å². The molecule has 0 aliphatic heterocycles. The molecule has 0 aliphatic rings. The van der Waals surface area contributed by atoms with Crippen LogP contribution in [0.1, 0.15) is 15.9 Å². The highest BCUT2D eigenvalue weighted by Crippen LogP contribution is 2.11. The Morgan fingerprint density at radius 2 is 1.96 bits per heavy atom. The van der Waals surface area contributed by atoms with Crippen molar-refractivity contribution in [3.8, 4) is 0 Å². The van der Waals surface area contributed by atoms with Gasteiger partial charge in [0.05, 0.1) is 36.2 Å². The third kappa shape index (κ3) is 3.89. The smallest absolute Gasteiger partial charge is 0.337 e. The van der Waals surface area contributed by atoms with Crippen molar-refractivity contribution in [2.24, 2.45) is 5.10 Å². The number of aromatic nitrogens is 2. The highest BCUT2D eigenvalue weighted by Gasteiger charge is 2.06. The second-order valence-corrected chi connectivity index (χ2v) is 5.27. The Hall–Kier alpha value is -3.48. The number of fused-ring (bicyclic) bond motifs is 1. The van der Waals surface area contributed by atoms with Gasteiger partial charge in [-0.3, -0.25) is 4.79 Å². The summed E-state index contributed by atoms with van der Waals surface area (Å²) in [5, 5.41) is 3.92. The van der Waals surface area contributed by atoms with Crippen LogP contribution in [0.4, 0.5) is 0 Å². The lowest BCUT2D eigenvalue weighted by atomic mass is 10.1. The van der Waals surface area contributed by atoms with Gasteiger partial charge in [-0.05, 0) is 29.8 Å². The largest absolute Gasteiger partial charge is 0.465 e. The van der Waals surface area contributed by atoms with E-state index in [4.69, 9.17) is 0 Å². The Kier molecular flexibility index (Phi) is 4.84. The van der Waals surface area contributed by atoms with E-state index in [0.29, 0.717) is 5.56 Å². The van der Waals surface area contributed by atoms with Crippen molar-refractivity contribution in [3.05, 3.63) is 66.0 Å². The zero-order valence-corrected chi connectivity index (χ0v) is 13.5. The summed E-state index contributed by atoms with van der Waals surface area (Å²) in [5.74, 6) is -0.657. The zero-order valence-electron chi connectivity index (χ0n) is 13.5. The molecule has 0 spiro atoms. The number of carbonyl (C=O) groups excluding carboxylic acids is 2. The van der Waals surface area contributed by atoms with Crippen LogP contribution in [0.3, 0.4) is 0 Å². The molecule has 7 heteroatoms. The molecular weight excluding hydrogens is 320 g/mol. The molecule has 0 aliphatic carbocycles. The molecule has 0 saturated heterocycles. The molecule has 1 aromatic heterocycles. The van der Waals surface area contributed by atoms with E-state index in [1.54, 1.807) is 35.2 Å². The van der Waals surface area contributed by atoms with E-state index >= 15 is 0 Å². The molecule has 2 aromatic carbocycles. The highest BCUT2D eigenvalue weighted by atomic mass is 16.5. The van der Waals surface area contributed by atoms with Gasteiger partial charge in [0.2, 0.25) is 0 Å². The number of rotatable bonds is 5. The third-order valence-electron chi connectivity index (χ3n) is 3.58. The van der Waals surface area contributed by atoms with Gasteiger partial charge in [-0.25, -0.2) is 15.2 Å². The lowest BCUT2D eigenvalue weighted by Gasteiger charge is -2.03. The number of esters is 1. The lowest BCUT2D eigenvalue weighted by Crippen LogP contribution is -2.22. The second kappa shape index (κ2) is 7.39. The Balaban J connectivity index is 1.58. The monoisotopic (exact) mass is 336 g/mol. The topological polar surface area (TPSA) is 85.6 Å². The predicted molar refractivity (Wildman–Crippen MR) is 93.3 cm³/mol. The van der Waals surface area contributed by atoms with Gasteiger partial charge in [0.1, 0.15) is 6.54 Å². The van der Waals surface area contributed by atoms with Crippen LogP contribution in [0.5, 0.6) is 0 Å². The Morgan fingerprint density at radius 3 is 2.72 bits per heavy atom. The van der Waals surface area contributed by atoms with Gasteiger partial charge >= 0.3 is 5.97 Å². The molecule has 0 saturated carbocycles. The van der Waals surface area contributed by atoms with Crippen molar-refractivity contribution in [1.82, 2.24) is 15.0 Å². The second-order valence-electron chi connectivity index (χ2n) is 5.27. The van der Waals surface area contributed by atoms with E-state index in [-0.39, 0.29) is 12.5 Å². The Labute approximate surface area is 143 Å². The molecule has 7 nitrogen and oxygen atoms in total. The van der Waals surface area contributed by atoms with Crippen molar-refractivity contribution in [3.63, 3.8) is 0 Å². The molecule has 1 heterocycles. The molecule has 126 valence electrons. The minimum atomic E-state index is -0.399. The summed E-state index contributed by atoms with van der Waals surface area (Å²) in [5.41, 5.74) is 5.40. The van der Waals surface area contributed by atoms with Gasteiger partial charge in [0, 0.05) is 0 Å². The van der Waals surface area contributed by atoms with Crippen molar-refractivity contribution >= 4 is 29.1 Å². The number of imidazole rings is 1. The number of hydrazone groups is 1. The predicted octanol–water partition coefficient (Wildman–Crippen LogP) is 1.97. The average molecular weight is 336 g/mol. The van der Waals surface area contributed by atoms with Crippen LogP contribution >= 0.6 is 0 Å². The summed E-state index contributed by atoms with van der Waals surface area (Å²) >= 11 is 0. The lowest BCUT2D eigenvalue weighted by molar-refractivity contribution is -0.121. The fourth-order valence-electron chi connectivity index (χ4n) is 2.33. The van der Waals surface area contributed by atoms with Crippen molar-refractivity contribution < 1.29 is 14.3 Å². The van der Waals surface area contributed by atoms with Crippen molar-refractivity contribution in [2.75, 3.05) is 7.11 Å². The summed E-state index contributed by atoms with van der Waals surface area (Å²) < 4.78 is 6.39. The fraction of sp³-hybridized carbons (Fsp3) is 0.111. The molecule has 0 fully saturated rings. The molecule has 25 heavy (non-hydrogen) atoms. The maximum absolute atomic E-state index is 12.0. The number of carbonyl (C=O) groups is 2. The number of nitrogens with zero attached hydrogens (tertiary/aromatic N) is 3. The molecule has 3 aromatic rings. The normalized spacial score (nSPS) is 10.9. The number of hydrogen-bond donors (Lipinski definition) is 1. The van der Waals surface area contributed by atoms with Crippen LogP contribution in [-0.4, -0.2) is 34.8 Å². The minimum absolute atomic E-state index is 0.124. The van der Waals surface area contributed by atoms with Crippen LogP contribution < -0.4 is 5.43 Å². The highest BCUT2D eigenvalue weighted by molar-refractivity contribution is 5.90. The number of nitrogens with one attached hydrogen (secondary N) is 1. The van der Waals surface area contributed by atoms with Crippen LogP contribution in [0, 0.1) is 0 Å². The summed E-state index contributed by atoms with van der Waals surface area (Å²) in [7, 11) is 1.33. The Bertz CT molecular complexity index is 929. The number of para-hydroxylation sites is 2. The van der Waals surface area contributed by atoms with E-state index in [1.807, 2.05) is 24.3 Å². The average Bonchev–Trinajstić information content (AvgIpc) is 3.04. The number of benzene rings is 2. The molecule has 0 unspecified atom stereocenters. The molecule has 0 atom stereocenters. The van der Waals surface area contributed by atoms with Gasteiger partial charge in [-0.2, -0.15) is 5.10 Å². The molecule has 1 amide bonds. The fourth-order valence-corrected chi connectivity index (χ4v) is 2.33. The van der Waals surface area contributed by atoms with Crippen LogP contribution in [0.2, 0.25) is 0 Å². The first kappa shape index (κ1) is 16.4. The quantitative estimate of drug-likeness (QED) is 0.438. The zero-order chi connectivity index (χ0) is 17.6. The molecule has 0 radical (unpaired) electrons. The van der Waals surface area contributed by atoms with E-state index < -0.39 is 5.97 Å². The Morgan fingerprint density at radius 1 is 1.20 bits per heavy atom. The number of hydrogen-bond acceptors (Lipinski definition) is 5. The van der Waals surface area contributed by atoms with E-state index in [1.165, 1.54) is 13.3 Å². The first-order valence-electron chi connectivity index (χ1n) is 7.57. The number of amides is 1. The van der Waals surface area contributed by atoms with E-state index in [2.05, 4.69) is 20.2 Å². The van der Waals surface area contributed by atoms with Crippen LogP contribution in [0.25, 0.3) is 11.0 Å². The molecule has 0 bridgehead atoms. The first-order valence-corrected chi connectivity index (χ1v) is 7.57. The SMILES string of the molecule is COC(=O)c1ccc(/C=N/NC(=O)Cn2cnc3ccccc32)cc1. The van der Waals surface area contributed by atoms with Gasteiger partial charge in [0.15, 0.2) is 0 Å². The van der Waals surface area contributed by atoms with Crippen LogP contribution in [-0.2, 0) is 16.1 Å². The summed E-state index contributed by atoms with van der Waals surface area (Å²) in [6.45, 7) is 0.124. The third-order valence-corrected chi connectivity index (χ3v) is 3.58. The standard InChI is InChI=1S/C18H16N4O3/c1-25-18(24)14-8-6-13(7-9-14)10-20-21-17(23)11-22-12-19-15-4-2-3-5-16(15)22/h2-10,12H,11H2,1H3,(H,21,23)/b20-10+. The number of ether oxygens (including phenoxy) is 1. The van der Waals surface area contributed by atoms with Gasteiger partial charge in [0.25, 0.3) is 5.91 Å². The van der Waals surface area contributed by atoms with Crippen LogP contribution in [0.15, 0.2) is 60.0 Å². The maximum atomic E-state index is 12.0. The minimum Gasteiger partial charge on any atom is -0.465 e. The van der Waals surface area contributed by atoms with Gasteiger partial charge < -0.3 is 9.30 Å². The number of methoxy groups -OCH3 is 1. The molecule has 1 N–H and O–H groups in total. The van der Waals surface area contributed by atoms with Crippen molar-refractivity contribution in [2.45, 2.75) is 6.54 Å². The van der Waals surface area contributed by atoms with Gasteiger partial charge in [-0.1, -0.05) is 24.3 Å². The van der Waals surface area contributed by atoms with E-state index in [0.717, 1.165) is 16.6 Å². The molecular formula is C18H16N4O3. The summed E-state index contributed by atoms with van der Waals surface area (Å²) in [4.78, 5) is 27.6. The van der Waals surface area contributed by atoms with Crippen molar-refractivity contribution in [1.29, 1.82) is 0 Å².